The predicted octanol–water partition coefficient (Wildman–Crippen LogP) is 3.24. The Morgan fingerprint density at radius 1 is 1.32 bits per heavy atom. The molecule has 5 heteroatoms. The minimum Gasteiger partial charge on any atom is -0.391 e. The summed E-state index contributed by atoms with van der Waals surface area (Å²) in [6.45, 7) is 7.26. The molecule has 1 unspecified atom stereocenters. The van der Waals surface area contributed by atoms with Gasteiger partial charge in [-0.2, -0.15) is 5.10 Å². The summed E-state index contributed by atoms with van der Waals surface area (Å²) in [7, 11) is 1.90. The van der Waals surface area contributed by atoms with Crippen LogP contribution in [0, 0.1) is 5.41 Å². The maximum atomic E-state index is 10.1. The average Bonchev–Trinajstić information content (AvgIpc) is 2.79. The standard InChI is InChI=1S/C17H24ClN3O/c1-17(2,3)15(22)10-19-9-12-11-21(4)20-16(12)13-7-5-6-8-14(13)18/h5-8,11,15,19,22H,9-10H2,1-4H3. The van der Waals surface area contributed by atoms with Crippen molar-refractivity contribution in [3.8, 4) is 11.3 Å². The molecule has 0 aliphatic carbocycles. The molecule has 0 aliphatic rings. The number of aryl methyl sites for hydroxylation is 1. The van der Waals surface area contributed by atoms with Crippen LogP contribution in [0.1, 0.15) is 26.3 Å². The number of hydrogen-bond donors (Lipinski definition) is 2. The molecule has 1 aromatic heterocycles. The van der Waals surface area contributed by atoms with Crippen LogP contribution in [-0.4, -0.2) is 27.5 Å². The van der Waals surface area contributed by atoms with Gasteiger partial charge in [0.05, 0.1) is 16.8 Å². The van der Waals surface area contributed by atoms with Gasteiger partial charge in [-0.25, -0.2) is 0 Å². The Labute approximate surface area is 137 Å². The highest BCUT2D eigenvalue weighted by molar-refractivity contribution is 6.33. The fraction of sp³-hybridized carbons (Fsp3) is 0.471. The first-order valence-electron chi connectivity index (χ1n) is 7.45. The molecule has 1 aromatic carbocycles. The zero-order valence-electron chi connectivity index (χ0n) is 13.6. The number of hydrogen-bond acceptors (Lipinski definition) is 3. The summed E-state index contributed by atoms with van der Waals surface area (Å²) >= 11 is 6.27. The third-order valence-corrected chi connectivity index (χ3v) is 4.02. The molecule has 1 atom stereocenters. The molecule has 0 aliphatic heterocycles. The largest absolute Gasteiger partial charge is 0.391 e. The fourth-order valence-corrected chi connectivity index (χ4v) is 2.42. The lowest BCUT2D eigenvalue weighted by atomic mass is 9.89. The van der Waals surface area contributed by atoms with Crippen LogP contribution in [-0.2, 0) is 13.6 Å². The molecule has 0 fully saturated rings. The Morgan fingerprint density at radius 2 is 2.00 bits per heavy atom. The summed E-state index contributed by atoms with van der Waals surface area (Å²) in [4.78, 5) is 0. The molecule has 2 aromatic rings. The maximum Gasteiger partial charge on any atom is 0.0982 e. The van der Waals surface area contributed by atoms with Gasteiger partial charge in [0.25, 0.3) is 0 Å². The molecule has 2 rings (SSSR count). The van der Waals surface area contributed by atoms with Crippen LogP contribution in [0.25, 0.3) is 11.3 Å². The molecular weight excluding hydrogens is 298 g/mol. The third-order valence-electron chi connectivity index (χ3n) is 3.69. The van der Waals surface area contributed by atoms with Gasteiger partial charge in [-0.1, -0.05) is 50.6 Å². The molecule has 22 heavy (non-hydrogen) atoms. The molecule has 4 nitrogen and oxygen atoms in total. The topological polar surface area (TPSA) is 50.1 Å². The summed E-state index contributed by atoms with van der Waals surface area (Å²) in [6, 6.07) is 7.70. The smallest absolute Gasteiger partial charge is 0.0982 e. The highest BCUT2D eigenvalue weighted by atomic mass is 35.5. The minimum absolute atomic E-state index is 0.131. The van der Waals surface area contributed by atoms with Crippen molar-refractivity contribution in [1.29, 1.82) is 0 Å². The van der Waals surface area contributed by atoms with Crippen molar-refractivity contribution >= 4 is 11.6 Å². The lowest BCUT2D eigenvalue weighted by molar-refractivity contribution is 0.0628. The van der Waals surface area contributed by atoms with Gasteiger partial charge in [-0.05, 0) is 11.5 Å². The highest BCUT2D eigenvalue weighted by Crippen LogP contribution is 2.29. The molecule has 0 amide bonds. The van der Waals surface area contributed by atoms with Gasteiger partial charge in [0.15, 0.2) is 0 Å². The summed E-state index contributed by atoms with van der Waals surface area (Å²) in [6.07, 6.45) is 1.59. The van der Waals surface area contributed by atoms with E-state index in [-0.39, 0.29) is 5.41 Å². The van der Waals surface area contributed by atoms with Crippen molar-refractivity contribution < 1.29 is 5.11 Å². The molecule has 0 bridgehead atoms. The Kier molecular flexibility index (Phi) is 5.27. The van der Waals surface area contributed by atoms with E-state index in [4.69, 9.17) is 11.6 Å². The normalized spacial score (nSPS) is 13.4. The van der Waals surface area contributed by atoms with Gasteiger partial charge in [0, 0.05) is 37.5 Å². The fourth-order valence-electron chi connectivity index (χ4n) is 2.20. The van der Waals surface area contributed by atoms with Gasteiger partial charge in [-0.15, -0.1) is 0 Å². The lowest BCUT2D eigenvalue weighted by Gasteiger charge is -2.26. The van der Waals surface area contributed by atoms with Crippen LogP contribution in [0.2, 0.25) is 5.02 Å². The SMILES string of the molecule is Cn1cc(CNCC(O)C(C)(C)C)c(-c2ccccc2Cl)n1. The van der Waals surface area contributed by atoms with Gasteiger partial charge in [-0.3, -0.25) is 4.68 Å². The number of aromatic nitrogens is 2. The zero-order valence-corrected chi connectivity index (χ0v) is 14.4. The monoisotopic (exact) mass is 321 g/mol. The second kappa shape index (κ2) is 6.82. The van der Waals surface area contributed by atoms with Crippen LogP contribution >= 0.6 is 11.6 Å². The van der Waals surface area contributed by atoms with Crippen LogP contribution in [0.4, 0.5) is 0 Å². The lowest BCUT2D eigenvalue weighted by Crippen LogP contribution is -2.36. The predicted molar refractivity (Wildman–Crippen MR) is 90.8 cm³/mol. The van der Waals surface area contributed by atoms with E-state index in [1.807, 2.05) is 58.3 Å². The number of nitrogens with zero attached hydrogens (tertiary/aromatic N) is 2. The Hall–Kier alpha value is -1.36. The highest BCUT2D eigenvalue weighted by Gasteiger charge is 2.21. The number of aliphatic hydroxyl groups is 1. The van der Waals surface area contributed by atoms with E-state index >= 15 is 0 Å². The van der Waals surface area contributed by atoms with Gasteiger partial charge in [0.2, 0.25) is 0 Å². The Bertz CT molecular complexity index is 631. The summed E-state index contributed by atoms with van der Waals surface area (Å²) in [5.74, 6) is 0. The first kappa shape index (κ1) is 17.0. The number of halogens is 1. The Balaban J connectivity index is 2.12. The van der Waals surface area contributed by atoms with E-state index in [2.05, 4.69) is 10.4 Å². The summed E-state index contributed by atoms with van der Waals surface area (Å²) in [5.41, 5.74) is 2.74. The number of aliphatic hydroxyl groups excluding tert-OH is 1. The molecular formula is C17H24ClN3O. The van der Waals surface area contributed by atoms with Gasteiger partial charge < -0.3 is 10.4 Å². The molecule has 0 saturated carbocycles. The van der Waals surface area contributed by atoms with Crippen molar-refractivity contribution in [3.05, 3.63) is 41.0 Å². The van der Waals surface area contributed by atoms with Crippen molar-refractivity contribution in [1.82, 2.24) is 15.1 Å². The van der Waals surface area contributed by atoms with E-state index in [0.29, 0.717) is 18.1 Å². The first-order chi connectivity index (χ1) is 10.3. The van der Waals surface area contributed by atoms with E-state index in [1.54, 1.807) is 4.68 Å². The molecule has 0 saturated heterocycles. The molecule has 1 heterocycles. The second-order valence-electron chi connectivity index (χ2n) is 6.67. The van der Waals surface area contributed by atoms with E-state index in [1.165, 1.54) is 0 Å². The maximum absolute atomic E-state index is 10.1. The molecule has 2 N–H and O–H groups in total. The van der Waals surface area contributed by atoms with Crippen LogP contribution in [0.3, 0.4) is 0 Å². The first-order valence-corrected chi connectivity index (χ1v) is 7.83. The van der Waals surface area contributed by atoms with Crippen molar-refractivity contribution in [2.24, 2.45) is 12.5 Å². The Morgan fingerprint density at radius 3 is 2.64 bits per heavy atom. The average molecular weight is 322 g/mol. The molecule has 0 radical (unpaired) electrons. The van der Waals surface area contributed by atoms with Crippen LogP contribution in [0.5, 0.6) is 0 Å². The second-order valence-corrected chi connectivity index (χ2v) is 7.08. The van der Waals surface area contributed by atoms with E-state index in [9.17, 15) is 5.11 Å². The van der Waals surface area contributed by atoms with Gasteiger partial charge in [0.1, 0.15) is 0 Å². The van der Waals surface area contributed by atoms with E-state index < -0.39 is 6.10 Å². The summed E-state index contributed by atoms with van der Waals surface area (Å²) < 4.78 is 1.79. The zero-order chi connectivity index (χ0) is 16.3. The van der Waals surface area contributed by atoms with Crippen molar-refractivity contribution in [3.63, 3.8) is 0 Å². The summed E-state index contributed by atoms with van der Waals surface area (Å²) in [5, 5.41) is 18.6. The van der Waals surface area contributed by atoms with Crippen LogP contribution < -0.4 is 5.32 Å². The van der Waals surface area contributed by atoms with Crippen molar-refractivity contribution in [2.75, 3.05) is 6.54 Å². The van der Waals surface area contributed by atoms with Crippen molar-refractivity contribution in [2.45, 2.75) is 33.4 Å². The van der Waals surface area contributed by atoms with Gasteiger partial charge >= 0.3 is 0 Å². The van der Waals surface area contributed by atoms with Crippen LogP contribution in [0.15, 0.2) is 30.5 Å². The minimum atomic E-state index is -0.395. The number of nitrogens with one attached hydrogen (secondary N) is 1. The third kappa shape index (κ3) is 4.09. The van der Waals surface area contributed by atoms with E-state index in [0.717, 1.165) is 16.8 Å². The quantitative estimate of drug-likeness (QED) is 0.889. The molecule has 120 valence electrons. The molecule has 0 spiro atoms. The number of rotatable bonds is 5. The number of benzene rings is 1.